The second-order valence-electron chi connectivity index (χ2n) is 5.46. The van der Waals surface area contributed by atoms with E-state index in [2.05, 4.69) is 5.10 Å². The van der Waals surface area contributed by atoms with Crippen LogP contribution < -0.4 is 5.73 Å². The van der Waals surface area contributed by atoms with Gasteiger partial charge in [-0.25, -0.2) is 4.39 Å². The summed E-state index contributed by atoms with van der Waals surface area (Å²) < 4.78 is 14.9. The zero-order valence-corrected chi connectivity index (χ0v) is 12.8. The Morgan fingerprint density at radius 3 is 2.39 bits per heavy atom. The molecule has 1 heterocycles. The smallest absolute Gasteiger partial charge is 0.123 e. The van der Waals surface area contributed by atoms with Gasteiger partial charge in [0.05, 0.1) is 5.69 Å². The number of nitrogens with zero attached hydrogens (tertiary/aromatic N) is 2. The van der Waals surface area contributed by atoms with E-state index < -0.39 is 0 Å². The van der Waals surface area contributed by atoms with Crippen LogP contribution in [0.1, 0.15) is 17.2 Å². The Morgan fingerprint density at radius 1 is 1.13 bits per heavy atom. The molecule has 0 aliphatic carbocycles. The third-order valence-corrected chi connectivity index (χ3v) is 3.94. The molecule has 0 bridgehead atoms. The molecule has 4 nitrogen and oxygen atoms in total. The van der Waals surface area contributed by atoms with Crippen LogP contribution >= 0.6 is 0 Å². The second-order valence-corrected chi connectivity index (χ2v) is 5.46. The molecule has 0 amide bonds. The largest absolute Gasteiger partial charge is 0.508 e. The van der Waals surface area contributed by atoms with Crippen molar-refractivity contribution in [1.82, 2.24) is 9.78 Å². The Balaban J connectivity index is 1.98. The fraction of sp³-hybridized carbons (Fsp3) is 0.167. The van der Waals surface area contributed by atoms with E-state index >= 15 is 0 Å². The fourth-order valence-corrected chi connectivity index (χ4v) is 2.70. The molecular formula is C18H18FN3O. The van der Waals surface area contributed by atoms with Crippen molar-refractivity contribution in [3.8, 4) is 17.0 Å². The third-order valence-electron chi connectivity index (χ3n) is 3.94. The highest BCUT2D eigenvalue weighted by atomic mass is 19.1. The lowest BCUT2D eigenvalue weighted by Crippen LogP contribution is -2.16. The zero-order valence-electron chi connectivity index (χ0n) is 12.8. The van der Waals surface area contributed by atoms with Crippen molar-refractivity contribution >= 4 is 0 Å². The molecule has 0 spiro atoms. The molecule has 0 saturated heterocycles. The molecule has 1 atom stereocenters. The first kappa shape index (κ1) is 15.2. The van der Waals surface area contributed by atoms with Gasteiger partial charge in [0.25, 0.3) is 0 Å². The summed E-state index contributed by atoms with van der Waals surface area (Å²) in [7, 11) is 1.87. The van der Waals surface area contributed by atoms with Crippen LogP contribution in [0.15, 0.2) is 54.6 Å². The van der Waals surface area contributed by atoms with Gasteiger partial charge in [0, 0.05) is 30.8 Å². The predicted octanol–water partition coefficient (Wildman–Crippen LogP) is 3.02. The molecular weight excluding hydrogens is 293 g/mol. The Bertz CT molecular complexity index is 794. The molecule has 0 radical (unpaired) electrons. The average molecular weight is 311 g/mol. The van der Waals surface area contributed by atoms with E-state index in [9.17, 15) is 9.50 Å². The molecule has 0 aliphatic rings. The van der Waals surface area contributed by atoms with E-state index in [4.69, 9.17) is 5.73 Å². The molecule has 3 N–H and O–H groups in total. The van der Waals surface area contributed by atoms with Crippen molar-refractivity contribution in [2.45, 2.75) is 5.92 Å². The number of hydrogen-bond acceptors (Lipinski definition) is 3. The lowest BCUT2D eigenvalue weighted by atomic mass is 9.95. The fourth-order valence-electron chi connectivity index (χ4n) is 2.70. The summed E-state index contributed by atoms with van der Waals surface area (Å²) in [5.41, 5.74) is 9.57. The summed E-state index contributed by atoms with van der Waals surface area (Å²) in [5.74, 6) is -0.0716. The van der Waals surface area contributed by atoms with Gasteiger partial charge in [-0.05, 0) is 48.0 Å². The molecule has 5 heteroatoms. The van der Waals surface area contributed by atoms with E-state index in [0.717, 1.165) is 22.5 Å². The Kier molecular flexibility index (Phi) is 4.12. The monoisotopic (exact) mass is 311 g/mol. The highest BCUT2D eigenvalue weighted by Gasteiger charge is 2.18. The van der Waals surface area contributed by atoms with Gasteiger partial charge in [0.15, 0.2) is 0 Å². The van der Waals surface area contributed by atoms with Gasteiger partial charge in [-0.15, -0.1) is 0 Å². The summed E-state index contributed by atoms with van der Waals surface area (Å²) in [4.78, 5) is 0. The van der Waals surface area contributed by atoms with Gasteiger partial charge < -0.3 is 10.8 Å². The highest BCUT2D eigenvalue weighted by molar-refractivity contribution is 5.59. The lowest BCUT2D eigenvalue weighted by molar-refractivity contribution is 0.475. The van der Waals surface area contributed by atoms with Crippen LogP contribution in [-0.4, -0.2) is 21.4 Å². The van der Waals surface area contributed by atoms with Gasteiger partial charge in [-0.2, -0.15) is 5.10 Å². The second kappa shape index (κ2) is 6.22. The first-order chi connectivity index (χ1) is 11.1. The maximum absolute atomic E-state index is 13.1. The zero-order chi connectivity index (χ0) is 16.4. The summed E-state index contributed by atoms with van der Waals surface area (Å²) in [6, 6.07) is 15.2. The minimum atomic E-state index is -0.270. The molecule has 0 fully saturated rings. The summed E-state index contributed by atoms with van der Waals surface area (Å²) >= 11 is 0. The summed E-state index contributed by atoms with van der Waals surface area (Å²) in [5, 5.41) is 13.9. The van der Waals surface area contributed by atoms with Gasteiger partial charge in [-0.3, -0.25) is 4.68 Å². The minimum absolute atomic E-state index is 0.0256. The van der Waals surface area contributed by atoms with Crippen LogP contribution in [0.5, 0.6) is 5.75 Å². The van der Waals surface area contributed by atoms with Crippen LogP contribution in [0.4, 0.5) is 4.39 Å². The first-order valence-corrected chi connectivity index (χ1v) is 7.37. The molecule has 118 valence electrons. The van der Waals surface area contributed by atoms with Gasteiger partial charge in [0.1, 0.15) is 11.6 Å². The number of benzene rings is 2. The quantitative estimate of drug-likeness (QED) is 0.778. The number of nitrogens with two attached hydrogens (primary N) is 1. The van der Waals surface area contributed by atoms with E-state index in [-0.39, 0.29) is 17.5 Å². The molecule has 3 aromatic rings. The van der Waals surface area contributed by atoms with Crippen LogP contribution in [0.2, 0.25) is 0 Å². The maximum Gasteiger partial charge on any atom is 0.123 e. The highest BCUT2D eigenvalue weighted by Crippen LogP contribution is 2.28. The number of phenols is 1. The Morgan fingerprint density at radius 2 is 1.78 bits per heavy atom. The molecule has 0 saturated carbocycles. The minimum Gasteiger partial charge on any atom is -0.508 e. The van der Waals surface area contributed by atoms with Crippen molar-refractivity contribution in [2.75, 3.05) is 6.54 Å². The number of halogens is 1. The predicted molar refractivity (Wildman–Crippen MR) is 87.6 cm³/mol. The molecule has 3 rings (SSSR count). The van der Waals surface area contributed by atoms with Crippen molar-refractivity contribution in [1.29, 1.82) is 0 Å². The SMILES string of the molecule is Cn1nc(-c2ccc(F)cc2)cc1C(CN)c1ccc(O)cc1. The van der Waals surface area contributed by atoms with Crippen molar-refractivity contribution in [2.24, 2.45) is 12.8 Å². The number of aryl methyl sites for hydroxylation is 1. The van der Waals surface area contributed by atoms with E-state index in [1.807, 2.05) is 25.2 Å². The lowest BCUT2D eigenvalue weighted by Gasteiger charge is -2.15. The normalized spacial score (nSPS) is 12.3. The molecule has 2 aromatic carbocycles. The number of aromatic nitrogens is 2. The molecule has 1 aromatic heterocycles. The molecule has 1 unspecified atom stereocenters. The Hall–Kier alpha value is -2.66. The van der Waals surface area contributed by atoms with E-state index in [1.165, 1.54) is 12.1 Å². The summed E-state index contributed by atoms with van der Waals surface area (Å²) in [6.07, 6.45) is 0. The van der Waals surface area contributed by atoms with Crippen molar-refractivity contribution in [3.05, 3.63) is 71.7 Å². The van der Waals surface area contributed by atoms with Gasteiger partial charge in [0.2, 0.25) is 0 Å². The van der Waals surface area contributed by atoms with Gasteiger partial charge in [-0.1, -0.05) is 12.1 Å². The number of phenolic OH excluding ortho intramolecular Hbond substituents is 1. The van der Waals surface area contributed by atoms with Gasteiger partial charge >= 0.3 is 0 Å². The van der Waals surface area contributed by atoms with Crippen molar-refractivity contribution in [3.63, 3.8) is 0 Å². The third kappa shape index (κ3) is 3.10. The van der Waals surface area contributed by atoms with Crippen LogP contribution in [-0.2, 0) is 7.05 Å². The first-order valence-electron chi connectivity index (χ1n) is 7.37. The standard InChI is InChI=1S/C18H18FN3O/c1-22-18(16(11-20)12-4-8-15(23)9-5-12)10-17(21-22)13-2-6-14(19)7-3-13/h2-10,16,23H,11,20H2,1H3. The Labute approximate surface area is 134 Å². The maximum atomic E-state index is 13.1. The molecule has 0 aliphatic heterocycles. The number of hydrogen-bond donors (Lipinski definition) is 2. The van der Waals surface area contributed by atoms with Crippen LogP contribution in [0.25, 0.3) is 11.3 Å². The number of rotatable bonds is 4. The van der Waals surface area contributed by atoms with Crippen LogP contribution in [0, 0.1) is 5.82 Å². The average Bonchev–Trinajstić information content (AvgIpc) is 2.92. The number of aromatic hydroxyl groups is 1. The molecule has 23 heavy (non-hydrogen) atoms. The summed E-state index contributed by atoms with van der Waals surface area (Å²) in [6.45, 7) is 0.424. The topological polar surface area (TPSA) is 64.1 Å². The van der Waals surface area contributed by atoms with E-state index in [1.54, 1.807) is 28.9 Å². The van der Waals surface area contributed by atoms with Crippen LogP contribution in [0.3, 0.4) is 0 Å². The van der Waals surface area contributed by atoms with E-state index in [0.29, 0.717) is 6.54 Å². The van der Waals surface area contributed by atoms with Crippen molar-refractivity contribution < 1.29 is 9.50 Å².